The number of benzene rings is 2. The van der Waals surface area contributed by atoms with Crippen molar-refractivity contribution < 1.29 is 19.2 Å². The first kappa shape index (κ1) is 26.5. The normalized spacial score (nSPS) is 27.9. The van der Waals surface area contributed by atoms with E-state index in [1.54, 1.807) is 17.0 Å². The molecule has 1 aliphatic carbocycles. The van der Waals surface area contributed by atoms with Crippen molar-refractivity contribution >= 4 is 23.6 Å². The molecule has 9 nitrogen and oxygen atoms in total. The van der Waals surface area contributed by atoms with Crippen LogP contribution in [0.25, 0.3) is 0 Å². The van der Waals surface area contributed by atoms with Gasteiger partial charge in [0, 0.05) is 43.3 Å². The molecule has 3 heterocycles. The van der Waals surface area contributed by atoms with Gasteiger partial charge in [0.1, 0.15) is 6.04 Å². The first-order valence-corrected chi connectivity index (χ1v) is 14.5. The van der Waals surface area contributed by atoms with Gasteiger partial charge in [-0.05, 0) is 48.9 Å². The fraction of sp³-hybridized carbons (Fsp3) is 0.484. The molecule has 3 aliphatic heterocycles. The fourth-order valence-corrected chi connectivity index (χ4v) is 6.98. The summed E-state index contributed by atoms with van der Waals surface area (Å²) >= 11 is 0. The first-order valence-electron chi connectivity index (χ1n) is 14.5. The lowest BCUT2D eigenvalue weighted by atomic mass is 10.0. The number of carbonyl (C=O) groups excluding carboxylic acids is 4. The van der Waals surface area contributed by atoms with E-state index in [9.17, 15) is 19.2 Å². The predicted molar refractivity (Wildman–Crippen MR) is 149 cm³/mol. The third-order valence-corrected chi connectivity index (χ3v) is 8.96. The van der Waals surface area contributed by atoms with Gasteiger partial charge in [-0.3, -0.25) is 24.1 Å². The van der Waals surface area contributed by atoms with E-state index in [2.05, 4.69) is 20.9 Å². The summed E-state index contributed by atoms with van der Waals surface area (Å²) < 4.78 is 0. The van der Waals surface area contributed by atoms with Crippen LogP contribution < -0.4 is 16.0 Å². The molecule has 40 heavy (non-hydrogen) atoms. The number of amides is 4. The van der Waals surface area contributed by atoms with E-state index in [1.165, 1.54) is 0 Å². The Bertz CT molecular complexity index is 1280. The van der Waals surface area contributed by atoms with E-state index in [0.29, 0.717) is 31.0 Å². The van der Waals surface area contributed by atoms with Crippen molar-refractivity contribution in [1.29, 1.82) is 0 Å². The Hall–Kier alpha value is -3.72. The monoisotopic (exact) mass is 543 g/mol. The molecule has 1 saturated carbocycles. The van der Waals surface area contributed by atoms with Crippen LogP contribution in [-0.4, -0.2) is 76.7 Å². The zero-order valence-electron chi connectivity index (χ0n) is 22.7. The second-order valence-corrected chi connectivity index (χ2v) is 11.6. The number of carbonyl (C=O) groups is 4. The van der Waals surface area contributed by atoms with E-state index in [0.717, 1.165) is 36.8 Å². The Morgan fingerprint density at radius 1 is 0.850 bits per heavy atom. The molecule has 2 bridgehead atoms. The largest absolute Gasteiger partial charge is 0.352 e. The average Bonchev–Trinajstić information content (AvgIpc) is 3.72. The number of nitrogens with one attached hydrogen (secondary N) is 3. The zero-order valence-corrected chi connectivity index (χ0v) is 22.7. The topological polar surface area (TPSA) is 111 Å². The van der Waals surface area contributed by atoms with Crippen LogP contribution in [0.2, 0.25) is 0 Å². The summed E-state index contributed by atoms with van der Waals surface area (Å²) in [5.41, 5.74) is 2.31. The van der Waals surface area contributed by atoms with Crippen LogP contribution in [0, 0.1) is 0 Å². The van der Waals surface area contributed by atoms with Crippen molar-refractivity contribution in [2.24, 2.45) is 0 Å². The number of hydrogen-bond donors (Lipinski definition) is 3. The summed E-state index contributed by atoms with van der Waals surface area (Å²) in [6, 6.07) is 15.4. The lowest BCUT2D eigenvalue weighted by molar-refractivity contribution is -0.142. The number of likely N-dealkylation sites (tertiary alicyclic amines) is 1. The van der Waals surface area contributed by atoms with Crippen molar-refractivity contribution in [2.45, 2.75) is 81.7 Å². The number of hydrogen-bond acceptors (Lipinski definition) is 5. The lowest BCUT2D eigenvalue weighted by Crippen LogP contribution is -2.53. The van der Waals surface area contributed by atoms with Crippen LogP contribution in [0.4, 0.5) is 0 Å². The van der Waals surface area contributed by atoms with E-state index in [-0.39, 0.29) is 55.2 Å². The summed E-state index contributed by atoms with van der Waals surface area (Å²) in [6.45, 7) is 1.17. The summed E-state index contributed by atoms with van der Waals surface area (Å²) in [4.78, 5) is 57.8. The van der Waals surface area contributed by atoms with E-state index >= 15 is 0 Å². The van der Waals surface area contributed by atoms with Gasteiger partial charge in [-0.15, -0.1) is 0 Å². The van der Waals surface area contributed by atoms with E-state index < -0.39 is 12.1 Å². The highest BCUT2D eigenvalue weighted by Crippen LogP contribution is 2.33. The SMILES string of the molecule is O=C1Cc2ccccc2CNC(=O)[C@@H]2C[C@H](NC(=O)c3ccccc3)CN2C(=O)[C@@H]2C[C@@H](CN2C2CCCC2)N1. The van der Waals surface area contributed by atoms with Gasteiger partial charge in [-0.2, -0.15) is 0 Å². The van der Waals surface area contributed by atoms with Crippen LogP contribution >= 0.6 is 0 Å². The van der Waals surface area contributed by atoms with Crippen molar-refractivity contribution in [3.05, 3.63) is 71.3 Å². The number of fused-ring (bicyclic) bond motifs is 4. The maximum Gasteiger partial charge on any atom is 0.251 e. The van der Waals surface area contributed by atoms with Crippen LogP contribution in [-0.2, 0) is 27.3 Å². The molecule has 2 aromatic carbocycles. The maximum absolute atomic E-state index is 14.2. The Balaban J connectivity index is 1.29. The highest BCUT2D eigenvalue weighted by atomic mass is 16.2. The quantitative estimate of drug-likeness (QED) is 0.547. The molecule has 9 heteroatoms. The minimum Gasteiger partial charge on any atom is -0.352 e. The third kappa shape index (κ3) is 5.47. The zero-order chi connectivity index (χ0) is 27.6. The molecule has 0 unspecified atom stereocenters. The molecule has 4 atom stereocenters. The summed E-state index contributed by atoms with van der Waals surface area (Å²) in [7, 11) is 0. The van der Waals surface area contributed by atoms with Crippen molar-refractivity contribution in [3.63, 3.8) is 0 Å². The summed E-state index contributed by atoms with van der Waals surface area (Å²) in [5.74, 6) is -0.598. The predicted octanol–water partition coefficient (Wildman–Crippen LogP) is 1.76. The summed E-state index contributed by atoms with van der Waals surface area (Å²) in [6.07, 6.45) is 5.46. The maximum atomic E-state index is 14.2. The van der Waals surface area contributed by atoms with Gasteiger partial charge in [0.05, 0.1) is 12.5 Å². The van der Waals surface area contributed by atoms with E-state index in [4.69, 9.17) is 0 Å². The smallest absolute Gasteiger partial charge is 0.251 e. The molecular formula is C31H37N5O4. The molecule has 210 valence electrons. The average molecular weight is 544 g/mol. The minimum atomic E-state index is -0.678. The van der Waals surface area contributed by atoms with Gasteiger partial charge in [-0.25, -0.2) is 0 Å². The molecule has 2 aromatic rings. The Labute approximate surface area is 234 Å². The number of rotatable bonds is 3. The van der Waals surface area contributed by atoms with Gasteiger partial charge in [0.25, 0.3) is 5.91 Å². The molecule has 0 radical (unpaired) electrons. The standard InChI is InChI=1S/C31H37N5O4/c37-28-14-21-10-4-5-11-22(21)17-32-30(39)26-15-24(34-29(38)20-8-2-1-3-9-20)19-36(26)31(40)27-16-23(33-28)18-35(27)25-12-6-7-13-25/h1-5,8-11,23-27H,6-7,12-19H2,(H,32,39)(H,33,37)(H,34,38)/t23-,24-,26-,27-/m0/s1. The van der Waals surface area contributed by atoms with Gasteiger partial charge in [-0.1, -0.05) is 55.3 Å². The molecule has 3 fully saturated rings. The number of nitrogens with zero attached hydrogens (tertiary/aromatic N) is 2. The van der Waals surface area contributed by atoms with Gasteiger partial charge < -0.3 is 20.9 Å². The van der Waals surface area contributed by atoms with E-state index in [1.807, 2.05) is 42.5 Å². The minimum absolute atomic E-state index is 0.0666. The molecule has 0 spiro atoms. The molecule has 2 saturated heterocycles. The van der Waals surface area contributed by atoms with Crippen molar-refractivity contribution in [3.8, 4) is 0 Å². The molecule has 4 aliphatic rings. The molecule has 4 amide bonds. The van der Waals surface area contributed by atoms with Crippen LogP contribution in [0.1, 0.15) is 60.0 Å². The third-order valence-electron chi connectivity index (χ3n) is 8.96. The van der Waals surface area contributed by atoms with Crippen LogP contribution in [0.3, 0.4) is 0 Å². The van der Waals surface area contributed by atoms with Crippen molar-refractivity contribution in [2.75, 3.05) is 13.1 Å². The second-order valence-electron chi connectivity index (χ2n) is 11.6. The van der Waals surface area contributed by atoms with Gasteiger partial charge in [0.2, 0.25) is 17.7 Å². The second kappa shape index (κ2) is 11.4. The van der Waals surface area contributed by atoms with Crippen LogP contribution in [0.5, 0.6) is 0 Å². The highest BCUT2D eigenvalue weighted by Gasteiger charge is 2.48. The highest BCUT2D eigenvalue weighted by molar-refractivity contribution is 5.95. The molecular weight excluding hydrogens is 506 g/mol. The van der Waals surface area contributed by atoms with Crippen LogP contribution in [0.15, 0.2) is 54.6 Å². The lowest BCUT2D eigenvalue weighted by Gasteiger charge is -2.33. The Morgan fingerprint density at radius 3 is 2.35 bits per heavy atom. The first-order chi connectivity index (χ1) is 19.5. The summed E-state index contributed by atoms with van der Waals surface area (Å²) in [5, 5.41) is 9.28. The Morgan fingerprint density at radius 2 is 1.57 bits per heavy atom. The van der Waals surface area contributed by atoms with Crippen molar-refractivity contribution in [1.82, 2.24) is 25.8 Å². The fourth-order valence-electron chi connectivity index (χ4n) is 6.98. The molecule has 6 rings (SSSR count). The molecule has 3 N–H and O–H groups in total. The molecule has 0 aromatic heterocycles. The van der Waals surface area contributed by atoms with Gasteiger partial charge >= 0.3 is 0 Å². The van der Waals surface area contributed by atoms with Gasteiger partial charge in [0.15, 0.2) is 0 Å². The Kier molecular flexibility index (Phi) is 7.56.